The number of nitriles is 1. The van der Waals surface area contributed by atoms with E-state index in [1.807, 2.05) is 18.2 Å². The van der Waals surface area contributed by atoms with Crippen molar-refractivity contribution in [1.29, 1.82) is 5.26 Å². The lowest BCUT2D eigenvalue weighted by atomic mass is 10.1. The lowest BCUT2D eigenvalue weighted by Gasteiger charge is -2.32. The molecule has 1 aliphatic heterocycles. The van der Waals surface area contributed by atoms with E-state index in [9.17, 15) is 0 Å². The van der Waals surface area contributed by atoms with Gasteiger partial charge in [-0.2, -0.15) is 5.26 Å². The number of pyridine rings is 1. The van der Waals surface area contributed by atoms with Crippen LogP contribution in [-0.4, -0.2) is 30.8 Å². The van der Waals surface area contributed by atoms with Gasteiger partial charge in [-0.3, -0.25) is 4.98 Å². The summed E-state index contributed by atoms with van der Waals surface area (Å²) in [4.78, 5) is 6.60. The standard InChI is InChI=1S/C14H13BrN4O/c15-9-5-11-12(17)1-2-13(14(11)18-7-9)19-3-4-20-10(6-16)8-19/h1-2,5,7,10H,3-4,8,17H2. The summed E-state index contributed by atoms with van der Waals surface area (Å²) in [5, 5.41) is 9.92. The molecule has 1 atom stereocenters. The van der Waals surface area contributed by atoms with E-state index in [4.69, 9.17) is 15.7 Å². The van der Waals surface area contributed by atoms with Crippen molar-refractivity contribution in [2.75, 3.05) is 30.3 Å². The number of morpholine rings is 1. The van der Waals surface area contributed by atoms with E-state index in [-0.39, 0.29) is 0 Å². The second kappa shape index (κ2) is 5.27. The minimum atomic E-state index is -0.396. The zero-order valence-corrected chi connectivity index (χ0v) is 12.3. The Morgan fingerprint density at radius 2 is 2.35 bits per heavy atom. The van der Waals surface area contributed by atoms with Crippen molar-refractivity contribution in [1.82, 2.24) is 4.98 Å². The monoisotopic (exact) mass is 332 g/mol. The van der Waals surface area contributed by atoms with Crippen LogP contribution in [0.2, 0.25) is 0 Å². The maximum atomic E-state index is 9.01. The third kappa shape index (κ3) is 2.30. The van der Waals surface area contributed by atoms with Crippen LogP contribution in [0.3, 0.4) is 0 Å². The molecule has 1 aromatic heterocycles. The number of rotatable bonds is 1. The van der Waals surface area contributed by atoms with Crippen LogP contribution in [-0.2, 0) is 4.74 Å². The van der Waals surface area contributed by atoms with Gasteiger partial charge in [0, 0.05) is 28.3 Å². The average Bonchev–Trinajstić information content (AvgIpc) is 2.48. The molecule has 0 amide bonds. The predicted octanol–water partition coefficient (Wildman–Crippen LogP) is 2.31. The van der Waals surface area contributed by atoms with Gasteiger partial charge in [-0.25, -0.2) is 0 Å². The highest BCUT2D eigenvalue weighted by atomic mass is 79.9. The lowest BCUT2D eigenvalue weighted by molar-refractivity contribution is 0.0765. The van der Waals surface area contributed by atoms with Crippen molar-refractivity contribution in [2.45, 2.75) is 6.10 Å². The third-order valence-corrected chi connectivity index (χ3v) is 3.81. The fraction of sp³-hybridized carbons (Fsp3) is 0.286. The molecule has 102 valence electrons. The Morgan fingerprint density at radius 3 is 3.15 bits per heavy atom. The zero-order valence-electron chi connectivity index (χ0n) is 10.7. The Morgan fingerprint density at radius 1 is 1.50 bits per heavy atom. The molecule has 1 aliphatic rings. The summed E-state index contributed by atoms with van der Waals surface area (Å²) in [7, 11) is 0. The van der Waals surface area contributed by atoms with Gasteiger partial charge in [0.25, 0.3) is 0 Å². The Labute approximate surface area is 125 Å². The number of halogens is 1. The number of nitrogens with zero attached hydrogens (tertiary/aromatic N) is 3. The number of aromatic nitrogens is 1. The van der Waals surface area contributed by atoms with Crippen molar-refractivity contribution in [3.05, 3.63) is 28.9 Å². The van der Waals surface area contributed by atoms with E-state index in [2.05, 4.69) is 31.9 Å². The Bertz CT molecular complexity index is 697. The largest absolute Gasteiger partial charge is 0.398 e. The van der Waals surface area contributed by atoms with Crippen LogP contribution in [0, 0.1) is 11.3 Å². The predicted molar refractivity (Wildman–Crippen MR) is 81.4 cm³/mol. The molecule has 6 heteroatoms. The van der Waals surface area contributed by atoms with E-state index in [1.54, 1.807) is 6.20 Å². The fourth-order valence-electron chi connectivity index (χ4n) is 2.40. The summed E-state index contributed by atoms with van der Waals surface area (Å²) in [6, 6.07) is 7.95. The molecular formula is C14H13BrN4O. The van der Waals surface area contributed by atoms with Gasteiger partial charge >= 0.3 is 0 Å². The number of ether oxygens (including phenoxy) is 1. The highest BCUT2D eigenvalue weighted by Crippen LogP contribution is 2.31. The van der Waals surface area contributed by atoms with Crippen molar-refractivity contribution in [2.24, 2.45) is 0 Å². The van der Waals surface area contributed by atoms with Gasteiger partial charge in [0.1, 0.15) is 0 Å². The number of hydrogen-bond acceptors (Lipinski definition) is 5. The zero-order chi connectivity index (χ0) is 14.1. The summed E-state index contributed by atoms with van der Waals surface area (Å²) in [6.45, 7) is 1.84. The first kappa shape index (κ1) is 13.2. The van der Waals surface area contributed by atoms with Crippen molar-refractivity contribution < 1.29 is 4.74 Å². The normalized spacial score (nSPS) is 19.0. The molecule has 1 fully saturated rings. The molecule has 1 saturated heterocycles. The molecule has 0 aliphatic carbocycles. The topological polar surface area (TPSA) is 75.2 Å². The fourth-order valence-corrected chi connectivity index (χ4v) is 2.73. The summed E-state index contributed by atoms with van der Waals surface area (Å²) in [5.74, 6) is 0. The number of anilines is 2. The minimum absolute atomic E-state index is 0.396. The Balaban J connectivity index is 2.08. The van der Waals surface area contributed by atoms with Crippen molar-refractivity contribution in [3.8, 4) is 6.07 Å². The van der Waals surface area contributed by atoms with E-state index in [0.717, 1.165) is 27.6 Å². The average molecular weight is 333 g/mol. The summed E-state index contributed by atoms with van der Waals surface area (Å²) < 4.78 is 6.27. The van der Waals surface area contributed by atoms with Crippen LogP contribution in [0.4, 0.5) is 11.4 Å². The molecule has 5 nitrogen and oxygen atoms in total. The van der Waals surface area contributed by atoms with Gasteiger partial charge in [-0.15, -0.1) is 0 Å². The van der Waals surface area contributed by atoms with E-state index in [1.165, 1.54) is 0 Å². The molecule has 3 rings (SSSR count). The molecule has 0 bridgehead atoms. The minimum Gasteiger partial charge on any atom is -0.398 e. The number of nitrogen functional groups attached to an aromatic ring is 1. The second-order valence-corrected chi connectivity index (χ2v) is 5.57. The van der Waals surface area contributed by atoms with Crippen LogP contribution >= 0.6 is 15.9 Å². The molecule has 1 unspecified atom stereocenters. The summed E-state index contributed by atoms with van der Waals surface area (Å²) in [5.41, 5.74) is 8.56. The van der Waals surface area contributed by atoms with Crippen molar-refractivity contribution in [3.63, 3.8) is 0 Å². The highest BCUT2D eigenvalue weighted by Gasteiger charge is 2.22. The second-order valence-electron chi connectivity index (χ2n) is 4.66. The van der Waals surface area contributed by atoms with Gasteiger partial charge in [0.2, 0.25) is 0 Å². The molecule has 20 heavy (non-hydrogen) atoms. The quantitative estimate of drug-likeness (QED) is 0.811. The third-order valence-electron chi connectivity index (χ3n) is 3.38. The molecule has 1 aromatic carbocycles. The maximum Gasteiger partial charge on any atom is 0.161 e. The van der Waals surface area contributed by atoms with Crippen LogP contribution < -0.4 is 10.6 Å². The molecular weight excluding hydrogens is 320 g/mol. The van der Waals surface area contributed by atoms with Crippen molar-refractivity contribution >= 4 is 38.2 Å². The highest BCUT2D eigenvalue weighted by molar-refractivity contribution is 9.10. The first-order valence-corrected chi connectivity index (χ1v) is 7.08. The molecule has 2 aromatic rings. The first-order valence-electron chi connectivity index (χ1n) is 6.29. The Kier molecular flexibility index (Phi) is 3.47. The van der Waals surface area contributed by atoms with E-state index < -0.39 is 6.10 Å². The van der Waals surface area contributed by atoms with Crippen LogP contribution in [0.15, 0.2) is 28.9 Å². The summed E-state index contributed by atoms with van der Waals surface area (Å²) in [6.07, 6.45) is 1.36. The van der Waals surface area contributed by atoms with Gasteiger partial charge in [-0.1, -0.05) is 0 Å². The molecule has 2 N–H and O–H groups in total. The van der Waals surface area contributed by atoms with Crippen LogP contribution in [0.25, 0.3) is 10.9 Å². The SMILES string of the molecule is N#CC1CN(c2ccc(N)c3cc(Br)cnc23)CCO1. The van der Waals surface area contributed by atoms with E-state index >= 15 is 0 Å². The Hall–Kier alpha value is -1.84. The van der Waals surface area contributed by atoms with Gasteiger partial charge < -0.3 is 15.4 Å². The van der Waals surface area contributed by atoms with Crippen LogP contribution in [0.5, 0.6) is 0 Å². The molecule has 0 radical (unpaired) electrons. The smallest absolute Gasteiger partial charge is 0.161 e. The van der Waals surface area contributed by atoms with Gasteiger partial charge in [0.05, 0.1) is 30.4 Å². The van der Waals surface area contributed by atoms with E-state index in [0.29, 0.717) is 18.8 Å². The number of fused-ring (bicyclic) bond motifs is 1. The molecule has 2 heterocycles. The number of benzene rings is 1. The van der Waals surface area contributed by atoms with Crippen LogP contribution in [0.1, 0.15) is 0 Å². The van der Waals surface area contributed by atoms with Gasteiger partial charge in [0.15, 0.2) is 6.10 Å². The number of hydrogen-bond donors (Lipinski definition) is 1. The lowest BCUT2D eigenvalue weighted by Crippen LogP contribution is -2.42. The molecule has 0 spiro atoms. The maximum absolute atomic E-state index is 9.01. The number of nitrogens with two attached hydrogens (primary N) is 1. The van der Waals surface area contributed by atoms with Gasteiger partial charge in [-0.05, 0) is 34.1 Å². The first-order chi connectivity index (χ1) is 9.69. The molecule has 0 saturated carbocycles. The summed E-state index contributed by atoms with van der Waals surface area (Å²) >= 11 is 3.41.